The van der Waals surface area contributed by atoms with Crippen molar-refractivity contribution in [3.63, 3.8) is 0 Å². The van der Waals surface area contributed by atoms with Crippen molar-refractivity contribution in [3.8, 4) is 0 Å². The summed E-state index contributed by atoms with van der Waals surface area (Å²) in [6, 6.07) is 4.19. The van der Waals surface area contributed by atoms with Crippen molar-refractivity contribution < 1.29 is 18.8 Å². The molecule has 0 saturated heterocycles. The normalized spacial score (nSPS) is 9.90. The van der Waals surface area contributed by atoms with Gasteiger partial charge >= 0.3 is 11.8 Å². The van der Waals surface area contributed by atoms with E-state index >= 15 is 0 Å². The molecule has 1 aromatic carbocycles. The topological polar surface area (TPSA) is 78.5 Å². The SMILES string of the molecule is Cc1ccc(F)c(NC(=O)C(=O)NCCC(=O)N(C)C)c1. The number of nitrogens with zero attached hydrogens (tertiary/aromatic N) is 1. The molecular weight excluding hydrogens is 277 g/mol. The van der Waals surface area contributed by atoms with Crippen molar-refractivity contribution in [1.82, 2.24) is 10.2 Å². The predicted octanol–water partition coefficient (Wildman–Crippen LogP) is 0.667. The number of anilines is 1. The Morgan fingerprint density at radius 2 is 1.86 bits per heavy atom. The zero-order chi connectivity index (χ0) is 16.0. The van der Waals surface area contributed by atoms with Crippen molar-refractivity contribution >= 4 is 23.4 Å². The lowest BCUT2D eigenvalue weighted by Gasteiger charge is -2.11. The van der Waals surface area contributed by atoms with Gasteiger partial charge in [-0.05, 0) is 24.6 Å². The molecule has 7 heteroatoms. The molecule has 0 radical (unpaired) electrons. The van der Waals surface area contributed by atoms with Crippen LogP contribution in [0.1, 0.15) is 12.0 Å². The number of halogens is 1. The Kier molecular flexibility index (Phi) is 5.83. The number of hydrogen-bond acceptors (Lipinski definition) is 3. The molecule has 2 N–H and O–H groups in total. The molecule has 0 aliphatic rings. The van der Waals surface area contributed by atoms with Gasteiger partial charge < -0.3 is 15.5 Å². The van der Waals surface area contributed by atoms with E-state index in [2.05, 4.69) is 10.6 Å². The Bertz CT molecular complexity index is 558. The Morgan fingerprint density at radius 3 is 2.48 bits per heavy atom. The summed E-state index contributed by atoms with van der Waals surface area (Å²) in [5.41, 5.74) is 0.697. The minimum atomic E-state index is -0.975. The highest BCUT2D eigenvalue weighted by Crippen LogP contribution is 2.15. The fourth-order valence-electron chi connectivity index (χ4n) is 1.50. The van der Waals surface area contributed by atoms with E-state index in [9.17, 15) is 18.8 Å². The average Bonchev–Trinajstić information content (AvgIpc) is 2.42. The highest BCUT2D eigenvalue weighted by Gasteiger charge is 2.15. The standard InChI is InChI=1S/C14H18FN3O3/c1-9-4-5-10(15)11(8-9)17-14(21)13(20)16-7-6-12(19)18(2)3/h4-5,8H,6-7H2,1-3H3,(H,16,20)(H,17,21). The van der Waals surface area contributed by atoms with Crippen molar-refractivity contribution in [2.24, 2.45) is 0 Å². The van der Waals surface area contributed by atoms with Gasteiger partial charge in [-0.2, -0.15) is 0 Å². The minimum absolute atomic E-state index is 0.0412. The lowest BCUT2D eigenvalue weighted by Crippen LogP contribution is -2.37. The third kappa shape index (κ3) is 5.21. The second kappa shape index (κ2) is 7.37. The van der Waals surface area contributed by atoms with Gasteiger partial charge in [0.1, 0.15) is 5.82 Å². The highest BCUT2D eigenvalue weighted by atomic mass is 19.1. The van der Waals surface area contributed by atoms with Gasteiger partial charge in [0.05, 0.1) is 5.69 Å². The molecule has 0 spiro atoms. The van der Waals surface area contributed by atoms with Crippen LogP contribution in [-0.4, -0.2) is 43.3 Å². The first kappa shape index (κ1) is 16.6. The summed E-state index contributed by atoms with van der Waals surface area (Å²) < 4.78 is 13.4. The number of nitrogens with one attached hydrogen (secondary N) is 2. The summed E-state index contributed by atoms with van der Waals surface area (Å²) in [4.78, 5) is 35.8. The summed E-state index contributed by atoms with van der Waals surface area (Å²) in [6.45, 7) is 1.78. The number of hydrogen-bond donors (Lipinski definition) is 2. The van der Waals surface area contributed by atoms with Gasteiger partial charge in [-0.25, -0.2) is 4.39 Å². The molecule has 0 aliphatic heterocycles. The van der Waals surface area contributed by atoms with Crippen LogP contribution in [0.2, 0.25) is 0 Å². The van der Waals surface area contributed by atoms with Gasteiger partial charge in [-0.1, -0.05) is 6.07 Å². The first-order valence-corrected chi connectivity index (χ1v) is 6.36. The maximum absolute atomic E-state index is 13.4. The van der Waals surface area contributed by atoms with Crippen LogP contribution in [0.15, 0.2) is 18.2 Å². The summed E-state index contributed by atoms with van der Waals surface area (Å²) >= 11 is 0. The molecule has 0 saturated carbocycles. The first-order chi connectivity index (χ1) is 9.81. The van der Waals surface area contributed by atoms with E-state index in [0.717, 1.165) is 5.56 Å². The molecule has 114 valence electrons. The van der Waals surface area contributed by atoms with Gasteiger partial charge in [0.2, 0.25) is 5.91 Å². The van der Waals surface area contributed by atoms with Crippen molar-refractivity contribution in [2.75, 3.05) is 26.0 Å². The second-order valence-corrected chi connectivity index (χ2v) is 4.73. The number of carbonyl (C=O) groups is 3. The van der Waals surface area contributed by atoms with E-state index in [-0.39, 0.29) is 24.6 Å². The molecular formula is C14H18FN3O3. The summed E-state index contributed by atoms with van der Waals surface area (Å²) in [5.74, 6) is -2.68. The molecule has 0 fully saturated rings. The first-order valence-electron chi connectivity index (χ1n) is 6.36. The van der Waals surface area contributed by atoms with E-state index in [1.54, 1.807) is 27.1 Å². The Morgan fingerprint density at radius 1 is 1.19 bits per heavy atom. The third-order valence-corrected chi connectivity index (χ3v) is 2.70. The number of carbonyl (C=O) groups excluding carboxylic acids is 3. The van der Waals surface area contributed by atoms with Crippen LogP contribution < -0.4 is 10.6 Å². The van der Waals surface area contributed by atoms with Crippen LogP contribution in [0.25, 0.3) is 0 Å². The monoisotopic (exact) mass is 295 g/mol. The Hall–Kier alpha value is -2.44. The van der Waals surface area contributed by atoms with Crippen molar-refractivity contribution in [1.29, 1.82) is 0 Å². The fraction of sp³-hybridized carbons (Fsp3) is 0.357. The van der Waals surface area contributed by atoms with Gasteiger partial charge in [-0.15, -0.1) is 0 Å². The summed E-state index contributed by atoms with van der Waals surface area (Å²) in [6.07, 6.45) is 0.0881. The zero-order valence-corrected chi connectivity index (χ0v) is 12.2. The largest absolute Gasteiger partial charge is 0.349 e. The van der Waals surface area contributed by atoms with E-state index in [1.165, 1.54) is 17.0 Å². The van der Waals surface area contributed by atoms with Crippen LogP contribution in [0.3, 0.4) is 0 Å². The number of aryl methyl sites for hydroxylation is 1. The average molecular weight is 295 g/mol. The summed E-state index contributed by atoms with van der Waals surface area (Å²) in [5, 5.41) is 4.49. The van der Waals surface area contributed by atoms with Crippen molar-refractivity contribution in [3.05, 3.63) is 29.6 Å². The van der Waals surface area contributed by atoms with Crippen LogP contribution in [-0.2, 0) is 14.4 Å². The molecule has 6 nitrogen and oxygen atoms in total. The van der Waals surface area contributed by atoms with Gasteiger partial charge in [-0.3, -0.25) is 14.4 Å². The maximum atomic E-state index is 13.4. The molecule has 3 amide bonds. The smallest absolute Gasteiger partial charge is 0.313 e. The molecule has 0 atom stereocenters. The highest BCUT2D eigenvalue weighted by molar-refractivity contribution is 6.39. The van der Waals surface area contributed by atoms with Gasteiger partial charge in [0.25, 0.3) is 0 Å². The minimum Gasteiger partial charge on any atom is -0.349 e. The number of benzene rings is 1. The van der Waals surface area contributed by atoms with Crippen LogP contribution in [0, 0.1) is 12.7 Å². The molecule has 0 unspecified atom stereocenters. The lowest BCUT2D eigenvalue weighted by atomic mass is 10.2. The fourth-order valence-corrected chi connectivity index (χ4v) is 1.50. The van der Waals surface area contributed by atoms with E-state index in [1.807, 2.05) is 0 Å². The van der Waals surface area contributed by atoms with Crippen molar-refractivity contribution in [2.45, 2.75) is 13.3 Å². The maximum Gasteiger partial charge on any atom is 0.313 e. The zero-order valence-electron chi connectivity index (χ0n) is 12.2. The van der Waals surface area contributed by atoms with Crippen LogP contribution >= 0.6 is 0 Å². The molecule has 0 aromatic heterocycles. The van der Waals surface area contributed by atoms with Crippen LogP contribution in [0.5, 0.6) is 0 Å². The quantitative estimate of drug-likeness (QED) is 0.801. The molecule has 0 heterocycles. The molecule has 1 aromatic rings. The molecule has 1 rings (SSSR count). The second-order valence-electron chi connectivity index (χ2n) is 4.73. The molecule has 0 aliphatic carbocycles. The van der Waals surface area contributed by atoms with Crippen LogP contribution in [0.4, 0.5) is 10.1 Å². The third-order valence-electron chi connectivity index (χ3n) is 2.70. The van der Waals surface area contributed by atoms with E-state index in [0.29, 0.717) is 0 Å². The molecule has 0 bridgehead atoms. The lowest BCUT2D eigenvalue weighted by molar-refractivity contribution is -0.136. The van der Waals surface area contributed by atoms with E-state index < -0.39 is 17.6 Å². The Balaban J connectivity index is 2.50. The summed E-state index contributed by atoms with van der Waals surface area (Å²) in [7, 11) is 3.19. The number of rotatable bonds is 4. The predicted molar refractivity (Wildman–Crippen MR) is 76.1 cm³/mol. The Labute approximate surface area is 122 Å². The number of amides is 3. The molecule has 21 heavy (non-hydrogen) atoms. The van der Waals surface area contributed by atoms with E-state index in [4.69, 9.17) is 0 Å². The van der Waals surface area contributed by atoms with Gasteiger partial charge in [0, 0.05) is 27.1 Å². The van der Waals surface area contributed by atoms with Gasteiger partial charge in [0.15, 0.2) is 0 Å².